The average molecular weight is 423 g/mol. The van der Waals surface area contributed by atoms with Gasteiger partial charge in [0.2, 0.25) is 0 Å². The standard InChI is InChI=1S/C25H26FNO4/c1-15-12-13-20(31-2)18(14-15)23(28)21-22(17-10-6-7-11-19(17)26)27(25(30)24(21)29)16-8-4-3-5-9-16/h6-7,10-14,16,22,28H,3-5,8-9H2,1-2H3/b23-21+. The number of hydrogen-bond donors (Lipinski definition) is 1. The molecule has 2 fully saturated rings. The van der Waals surface area contributed by atoms with Crippen LogP contribution in [0, 0.1) is 12.7 Å². The molecule has 1 saturated heterocycles. The summed E-state index contributed by atoms with van der Waals surface area (Å²) in [5, 5.41) is 11.3. The number of aliphatic hydroxyl groups excluding tert-OH is 1. The summed E-state index contributed by atoms with van der Waals surface area (Å²) in [6, 6.07) is 10.2. The molecule has 5 nitrogen and oxygen atoms in total. The molecule has 1 saturated carbocycles. The lowest BCUT2D eigenvalue weighted by molar-refractivity contribution is -0.141. The molecule has 1 amide bonds. The van der Waals surface area contributed by atoms with E-state index in [2.05, 4.69) is 0 Å². The monoisotopic (exact) mass is 423 g/mol. The van der Waals surface area contributed by atoms with Crippen LogP contribution in [0.3, 0.4) is 0 Å². The van der Waals surface area contributed by atoms with E-state index in [1.54, 1.807) is 30.3 Å². The third kappa shape index (κ3) is 3.71. The molecular formula is C25H26FNO4. The van der Waals surface area contributed by atoms with Gasteiger partial charge >= 0.3 is 0 Å². The Hall–Kier alpha value is -3.15. The number of carbonyl (C=O) groups is 2. The van der Waals surface area contributed by atoms with Crippen LogP contribution in [-0.2, 0) is 9.59 Å². The summed E-state index contributed by atoms with van der Waals surface area (Å²) in [6.45, 7) is 1.85. The van der Waals surface area contributed by atoms with E-state index in [0.29, 0.717) is 11.3 Å². The maximum absolute atomic E-state index is 14.9. The zero-order valence-electron chi connectivity index (χ0n) is 17.7. The number of Topliss-reactive ketones (excluding diaryl/α,β-unsaturated/α-hetero) is 1. The number of carbonyl (C=O) groups excluding carboxylic acids is 2. The van der Waals surface area contributed by atoms with Gasteiger partial charge in [-0.25, -0.2) is 4.39 Å². The summed E-state index contributed by atoms with van der Waals surface area (Å²) in [6.07, 6.45) is 4.48. The predicted octanol–water partition coefficient (Wildman–Crippen LogP) is 4.90. The van der Waals surface area contributed by atoms with Gasteiger partial charge in [0.05, 0.1) is 24.3 Å². The van der Waals surface area contributed by atoms with Gasteiger partial charge in [-0.1, -0.05) is 49.1 Å². The number of benzene rings is 2. The quantitative estimate of drug-likeness (QED) is 0.432. The third-order valence-electron chi connectivity index (χ3n) is 6.26. The molecule has 31 heavy (non-hydrogen) atoms. The molecule has 0 radical (unpaired) electrons. The average Bonchev–Trinajstić information content (AvgIpc) is 3.04. The van der Waals surface area contributed by atoms with Gasteiger partial charge in [0, 0.05) is 11.6 Å². The number of ketones is 1. The fraction of sp³-hybridized carbons (Fsp3) is 0.360. The maximum atomic E-state index is 14.9. The maximum Gasteiger partial charge on any atom is 0.295 e. The topological polar surface area (TPSA) is 66.8 Å². The molecule has 4 rings (SSSR count). The first-order valence-corrected chi connectivity index (χ1v) is 10.6. The number of nitrogens with zero attached hydrogens (tertiary/aromatic N) is 1. The number of aliphatic hydroxyl groups is 1. The summed E-state index contributed by atoms with van der Waals surface area (Å²) in [5.41, 5.74) is 1.28. The van der Waals surface area contributed by atoms with Crippen molar-refractivity contribution in [3.63, 3.8) is 0 Å². The molecular weight excluding hydrogens is 397 g/mol. The Kier molecular flexibility index (Phi) is 5.81. The van der Waals surface area contributed by atoms with Crippen LogP contribution in [0.2, 0.25) is 0 Å². The smallest absolute Gasteiger partial charge is 0.295 e. The summed E-state index contributed by atoms with van der Waals surface area (Å²) >= 11 is 0. The molecule has 1 aliphatic heterocycles. The Morgan fingerprint density at radius 1 is 1.10 bits per heavy atom. The number of likely N-dealkylation sites (tertiary alicyclic amines) is 1. The van der Waals surface area contributed by atoms with E-state index in [1.165, 1.54) is 18.1 Å². The number of methoxy groups -OCH3 is 1. The third-order valence-corrected chi connectivity index (χ3v) is 6.26. The van der Waals surface area contributed by atoms with Crippen LogP contribution < -0.4 is 4.74 Å². The van der Waals surface area contributed by atoms with Crippen molar-refractivity contribution in [3.05, 3.63) is 70.5 Å². The molecule has 6 heteroatoms. The van der Waals surface area contributed by atoms with E-state index in [9.17, 15) is 19.1 Å². The molecule has 1 heterocycles. The summed E-state index contributed by atoms with van der Waals surface area (Å²) in [4.78, 5) is 27.8. The largest absolute Gasteiger partial charge is 0.507 e. The van der Waals surface area contributed by atoms with Crippen molar-refractivity contribution in [2.24, 2.45) is 0 Å². The summed E-state index contributed by atoms with van der Waals surface area (Å²) in [7, 11) is 1.47. The van der Waals surface area contributed by atoms with Crippen LogP contribution >= 0.6 is 0 Å². The number of rotatable bonds is 4. The highest BCUT2D eigenvalue weighted by molar-refractivity contribution is 6.46. The minimum absolute atomic E-state index is 0.0930. The first kappa shape index (κ1) is 21.1. The van der Waals surface area contributed by atoms with E-state index in [0.717, 1.165) is 37.7 Å². The lowest BCUT2D eigenvalue weighted by Crippen LogP contribution is -2.40. The minimum Gasteiger partial charge on any atom is -0.507 e. The number of halogens is 1. The number of ether oxygens (including phenoxy) is 1. The minimum atomic E-state index is -0.977. The molecule has 2 aliphatic rings. The van der Waals surface area contributed by atoms with Crippen molar-refractivity contribution in [2.75, 3.05) is 7.11 Å². The van der Waals surface area contributed by atoms with Crippen molar-refractivity contribution in [2.45, 2.75) is 51.1 Å². The highest BCUT2D eigenvalue weighted by Gasteiger charge is 2.49. The Balaban J connectivity index is 1.94. The molecule has 1 aliphatic carbocycles. The van der Waals surface area contributed by atoms with Gasteiger partial charge in [-0.3, -0.25) is 9.59 Å². The number of amides is 1. The van der Waals surface area contributed by atoms with E-state index in [4.69, 9.17) is 4.74 Å². The van der Waals surface area contributed by atoms with Crippen molar-refractivity contribution >= 4 is 17.4 Å². The lowest BCUT2D eigenvalue weighted by atomic mass is 9.90. The highest BCUT2D eigenvalue weighted by atomic mass is 19.1. The van der Waals surface area contributed by atoms with Crippen LogP contribution in [-0.4, -0.2) is 34.8 Å². The SMILES string of the molecule is COc1ccc(C)cc1/C(O)=C1\C(=O)C(=O)N(C2CCCCC2)C1c1ccccc1F. The second-order valence-corrected chi connectivity index (χ2v) is 8.22. The van der Waals surface area contributed by atoms with E-state index < -0.39 is 23.5 Å². The summed E-state index contributed by atoms with van der Waals surface area (Å²) in [5.74, 6) is -1.96. The van der Waals surface area contributed by atoms with Gasteiger partial charge < -0.3 is 14.7 Å². The lowest BCUT2D eigenvalue weighted by Gasteiger charge is -2.35. The molecule has 162 valence electrons. The van der Waals surface area contributed by atoms with Gasteiger partial charge in [0.1, 0.15) is 17.3 Å². The number of aryl methyl sites for hydroxylation is 1. The van der Waals surface area contributed by atoms with Gasteiger partial charge in [-0.15, -0.1) is 0 Å². The van der Waals surface area contributed by atoms with Crippen molar-refractivity contribution in [3.8, 4) is 5.75 Å². The van der Waals surface area contributed by atoms with Gasteiger partial charge in [0.15, 0.2) is 0 Å². The second-order valence-electron chi connectivity index (χ2n) is 8.22. The molecule has 2 aromatic rings. The van der Waals surface area contributed by atoms with Crippen molar-refractivity contribution in [1.29, 1.82) is 0 Å². The first-order valence-electron chi connectivity index (χ1n) is 10.6. The Labute approximate surface area is 181 Å². The second kappa shape index (κ2) is 8.53. The number of hydrogen-bond acceptors (Lipinski definition) is 4. The molecule has 1 atom stereocenters. The Morgan fingerprint density at radius 2 is 1.81 bits per heavy atom. The van der Waals surface area contributed by atoms with Crippen LogP contribution in [0.15, 0.2) is 48.0 Å². The van der Waals surface area contributed by atoms with Gasteiger partial charge in [0.25, 0.3) is 11.7 Å². The molecule has 1 N–H and O–H groups in total. The summed E-state index contributed by atoms with van der Waals surface area (Å²) < 4.78 is 20.3. The van der Waals surface area contributed by atoms with Gasteiger partial charge in [-0.05, 0) is 38.0 Å². The predicted molar refractivity (Wildman–Crippen MR) is 115 cm³/mol. The van der Waals surface area contributed by atoms with Crippen LogP contribution in [0.5, 0.6) is 5.75 Å². The van der Waals surface area contributed by atoms with Crippen LogP contribution in [0.25, 0.3) is 5.76 Å². The zero-order valence-corrected chi connectivity index (χ0v) is 17.7. The Morgan fingerprint density at radius 3 is 2.48 bits per heavy atom. The highest BCUT2D eigenvalue weighted by Crippen LogP contribution is 2.44. The first-order chi connectivity index (χ1) is 14.9. The molecule has 2 aromatic carbocycles. The van der Waals surface area contributed by atoms with Gasteiger partial charge in [-0.2, -0.15) is 0 Å². The Bertz CT molecular complexity index is 1060. The van der Waals surface area contributed by atoms with E-state index >= 15 is 0 Å². The van der Waals surface area contributed by atoms with Crippen LogP contribution in [0.4, 0.5) is 4.39 Å². The molecule has 0 spiro atoms. The van der Waals surface area contributed by atoms with E-state index in [1.807, 2.05) is 13.0 Å². The van der Waals surface area contributed by atoms with Crippen molar-refractivity contribution in [1.82, 2.24) is 4.90 Å². The zero-order chi connectivity index (χ0) is 22.1. The molecule has 0 aromatic heterocycles. The molecule has 0 bridgehead atoms. The fourth-order valence-corrected chi connectivity index (χ4v) is 4.74. The van der Waals surface area contributed by atoms with E-state index in [-0.39, 0.29) is 22.9 Å². The van der Waals surface area contributed by atoms with Crippen molar-refractivity contribution < 1.29 is 23.8 Å². The molecule has 1 unspecified atom stereocenters. The fourth-order valence-electron chi connectivity index (χ4n) is 4.74. The van der Waals surface area contributed by atoms with Crippen LogP contribution in [0.1, 0.15) is 54.8 Å². The normalized spacial score (nSPS) is 21.5.